The van der Waals surface area contributed by atoms with Gasteiger partial charge in [-0.25, -0.2) is 9.97 Å². The predicted molar refractivity (Wildman–Crippen MR) is 109 cm³/mol. The van der Waals surface area contributed by atoms with Crippen LogP contribution in [0, 0.1) is 0 Å². The molecule has 0 unspecified atom stereocenters. The second kappa shape index (κ2) is 6.70. The summed E-state index contributed by atoms with van der Waals surface area (Å²) in [5, 5.41) is 6.58. The first-order chi connectivity index (χ1) is 13.3. The molecule has 1 atom stereocenters. The van der Waals surface area contributed by atoms with E-state index in [1.54, 1.807) is 17.7 Å². The number of thiophene rings is 1. The molecule has 1 N–H and O–H groups in total. The van der Waals surface area contributed by atoms with Gasteiger partial charge in [0.2, 0.25) is 0 Å². The van der Waals surface area contributed by atoms with Crippen LogP contribution in [0.2, 0.25) is 0 Å². The molecule has 5 rings (SSSR count). The van der Waals surface area contributed by atoms with Crippen LogP contribution in [-0.2, 0) is 0 Å². The number of nitrogens with one attached hydrogen (secondary N) is 1. The van der Waals surface area contributed by atoms with Crippen molar-refractivity contribution in [1.29, 1.82) is 0 Å². The number of rotatable bonds is 5. The largest absolute Gasteiger partial charge is 0.363 e. The quantitative estimate of drug-likeness (QED) is 0.521. The van der Waals surface area contributed by atoms with Gasteiger partial charge in [0.1, 0.15) is 17.0 Å². The first kappa shape index (κ1) is 16.3. The maximum Gasteiger partial charge on any atom is 0.138 e. The van der Waals surface area contributed by atoms with E-state index in [0.29, 0.717) is 5.92 Å². The summed E-state index contributed by atoms with van der Waals surface area (Å²) in [6, 6.07) is 8.57. The number of hydrogen-bond donors (Lipinski definition) is 1. The lowest BCUT2D eigenvalue weighted by atomic mass is 10.1. The minimum absolute atomic E-state index is 0.0977. The van der Waals surface area contributed by atoms with E-state index in [1.807, 2.05) is 24.0 Å². The Morgan fingerprint density at radius 3 is 2.81 bits per heavy atom. The summed E-state index contributed by atoms with van der Waals surface area (Å²) in [5.41, 5.74) is 4.49. The van der Waals surface area contributed by atoms with Crippen LogP contribution in [0.15, 0.2) is 54.6 Å². The van der Waals surface area contributed by atoms with Crippen LogP contribution in [0.25, 0.3) is 21.5 Å². The van der Waals surface area contributed by atoms with Gasteiger partial charge in [0.05, 0.1) is 17.1 Å². The minimum atomic E-state index is 0.0977. The second-order valence-electron chi connectivity index (χ2n) is 6.99. The summed E-state index contributed by atoms with van der Waals surface area (Å²) in [6.45, 7) is 2.12. The molecule has 1 saturated carbocycles. The predicted octanol–water partition coefficient (Wildman–Crippen LogP) is 5.20. The van der Waals surface area contributed by atoms with Crippen LogP contribution < -0.4 is 5.32 Å². The van der Waals surface area contributed by atoms with Crippen LogP contribution in [-0.4, -0.2) is 19.9 Å². The van der Waals surface area contributed by atoms with Crippen molar-refractivity contribution in [2.24, 2.45) is 0 Å². The van der Waals surface area contributed by atoms with E-state index in [2.05, 4.69) is 56.4 Å². The average molecular weight is 373 g/mol. The summed E-state index contributed by atoms with van der Waals surface area (Å²) >= 11 is 1.62. The Balaban J connectivity index is 1.36. The summed E-state index contributed by atoms with van der Waals surface area (Å²) in [4.78, 5) is 18.8. The molecule has 0 aliphatic heterocycles. The lowest BCUT2D eigenvalue weighted by Gasteiger charge is -2.15. The van der Waals surface area contributed by atoms with Gasteiger partial charge >= 0.3 is 0 Å². The molecular weight excluding hydrogens is 354 g/mol. The van der Waals surface area contributed by atoms with E-state index in [0.717, 1.165) is 32.9 Å². The fourth-order valence-electron chi connectivity index (χ4n) is 3.26. The summed E-state index contributed by atoms with van der Waals surface area (Å²) < 4.78 is 0. The maximum atomic E-state index is 4.67. The lowest BCUT2D eigenvalue weighted by molar-refractivity contribution is 0.868. The molecule has 6 heteroatoms. The van der Waals surface area contributed by atoms with Crippen molar-refractivity contribution in [1.82, 2.24) is 19.9 Å². The smallest absolute Gasteiger partial charge is 0.138 e. The molecule has 1 aliphatic rings. The summed E-state index contributed by atoms with van der Waals surface area (Å²) in [6.07, 6.45) is 9.97. The Kier molecular flexibility index (Phi) is 4.05. The molecule has 0 saturated heterocycles. The fourth-order valence-corrected chi connectivity index (χ4v) is 4.00. The Morgan fingerprint density at radius 2 is 2.00 bits per heavy atom. The zero-order valence-corrected chi connectivity index (χ0v) is 15.8. The fraction of sp³-hybridized carbons (Fsp3) is 0.238. The van der Waals surface area contributed by atoms with Crippen LogP contribution in [0.1, 0.15) is 42.9 Å². The molecule has 0 radical (unpaired) electrons. The maximum absolute atomic E-state index is 4.67. The molecule has 0 spiro atoms. The highest BCUT2D eigenvalue weighted by atomic mass is 32.1. The highest BCUT2D eigenvalue weighted by Gasteiger charge is 2.24. The zero-order valence-electron chi connectivity index (χ0n) is 15.0. The van der Waals surface area contributed by atoms with Gasteiger partial charge in [0, 0.05) is 24.2 Å². The second-order valence-corrected chi connectivity index (χ2v) is 7.88. The molecule has 27 heavy (non-hydrogen) atoms. The van der Waals surface area contributed by atoms with Gasteiger partial charge in [-0.1, -0.05) is 6.07 Å². The zero-order chi connectivity index (χ0) is 18.2. The molecule has 4 heterocycles. The van der Waals surface area contributed by atoms with Gasteiger partial charge in [-0.2, -0.15) is 0 Å². The van der Waals surface area contributed by atoms with E-state index in [-0.39, 0.29) is 6.04 Å². The Labute approximate surface area is 161 Å². The van der Waals surface area contributed by atoms with Gasteiger partial charge in [0.25, 0.3) is 0 Å². The highest BCUT2D eigenvalue weighted by molar-refractivity contribution is 7.16. The number of anilines is 1. The normalized spacial score (nSPS) is 15.0. The molecule has 0 amide bonds. The van der Waals surface area contributed by atoms with Crippen molar-refractivity contribution in [2.45, 2.75) is 31.7 Å². The van der Waals surface area contributed by atoms with Gasteiger partial charge in [-0.15, -0.1) is 11.3 Å². The summed E-state index contributed by atoms with van der Waals surface area (Å²) in [7, 11) is 0. The molecule has 1 fully saturated rings. The lowest BCUT2D eigenvalue weighted by Crippen LogP contribution is -2.08. The van der Waals surface area contributed by atoms with E-state index in [1.165, 1.54) is 18.4 Å². The van der Waals surface area contributed by atoms with E-state index >= 15 is 0 Å². The molecular formula is C21H19N5S. The third kappa shape index (κ3) is 3.28. The Hall–Kier alpha value is -2.86. The molecule has 0 bridgehead atoms. The van der Waals surface area contributed by atoms with E-state index in [4.69, 9.17) is 0 Å². The molecule has 4 aromatic heterocycles. The molecule has 1 aliphatic carbocycles. The number of nitrogens with zero attached hydrogens (tertiary/aromatic N) is 4. The van der Waals surface area contributed by atoms with Crippen LogP contribution in [0.4, 0.5) is 5.82 Å². The van der Waals surface area contributed by atoms with Gasteiger partial charge < -0.3 is 5.32 Å². The monoisotopic (exact) mass is 373 g/mol. The molecule has 0 aromatic carbocycles. The number of fused-ring (bicyclic) bond motifs is 1. The number of pyridine rings is 2. The van der Waals surface area contributed by atoms with Gasteiger partial charge in [0.15, 0.2) is 0 Å². The summed E-state index contributed by atoms with van der Waals surface area (Å²) in [5.74, 6) is 1.56. The molecule has 134 valence electrons. The van der Waals surface area contributed by atoms with Crippen molar-refractivity contribution in [3.8, 4) is 11.3 Å². The Morgan fingerprint density at radius 1 is 1.07 bits per heavy atom. The third-order valence-electron chi connectivity index (χ3n) is 5.01. The minimum Gasteiger partial charge on any atom is -0.363 e. The molecule has 5 nitrogen and oxygen atoms in total. The van der Waals surface area contributed by atoms with Gasteiger partial charge in [-0.05, 0) is 60.4 Å². The van der Waals surface area contributed by atoms with Crippen molar-refractivity contribution in [3.63, 3.8) is 0 Å². The molecule has 4 aromatic rings. The van der Waals surface area contributed by atoms with Crippen molar-refractivity contribution in [2.75, 3.05) is 5.32 Å². The van der Waals surface area contributed by atoms with Gasteiger partial charge in [-0.3, -0.25) is 9.97 Å². The topological polar surface area (TPSA) is 63.6 Å². The van der Waals surface area contributed by atoms with Crippen molar-refractivity contribution < 1.29 is 0 Å². The SMILES string of the molecule is C[C@H](Nc1ncnc2sccc12)c1ccc(-c2cncc(C3CC3)c2)nc1. The number of aromatic nitrogens is 4. The first-order valence-electron chi connectivity index (χ1n) is 9.14. The number of hydrogen-bond acceptors (Lipinski definition) is 6. The van der Waals surface area contributed by atoms with Crippen LogP contribution >= 0.6 is 11.3 Å². The van der Waals surface area contributed by atoms with Crippen LogP contribution in [0.5, 0.6) is 0 Å². The standard InChI is InChI=1S/C21H19N5S/c1-13(26-20-18-6-7-27-21(18)25-12-24-20)15-4-5-19(23-11-15)17-8-16(9-22-10-17)14-2-3-14/h4-14H,2-3H2,1H3,(H,24,25,26)/t13-/m0/s1. The third-order valence-corrected chi connectivity index (χ3v) is 5.83. The Bertz CT molecular complexity index is 1090. The highest BCUT2D eigenvalue weighted by Crippen LogP contribution is 2.40. The van der Waals surface area contributed by atoms with Crippen molar-refractivity contribution >= 4 is 27.4 Å². The van der Waals surface area contributed by atoms with Crippen LogP contribution in [0.3, 0.4) is 0 Å². The average Bonchev–Trinajstić information content (AvgIpc) is 3.45. The first-order valence-corrected chi connectivity index (χ1v) is 10.0. The van der Waals surface area contributed by atoms with Crippen molar-refractivity contribution in [3.05, 3.63) is 65.7 Å². The van der Waals surface area contributed by atoms with E-state index in [9.17, 15) is 0 Å². The van der Waals surface area contributed by atoms with E-state index < -0.39 is 0 Å².